The van der Waals surface area contributed by atoms with Crippen LogP contribution in [-0.2, 0) is 6.42 Å². The highest BCUT2D eigenvalue weighted by Gasteiger charge is 2.02. The molecule has 3 rings (SSSR count). The lowest BCUT2D eigenvalue weighted by Crippen LogP contribution is -2.01. The SMILES string of the molecule is C\C=C/C=C1/C=CC=C/C1=N\CCCCCc1ccc(-c2ccccc2)cc1. The maximum Gasteiger partial charge on any atom is 0.0646 e. The van der Waals surface area contributed by atoms with E-state index < -0.39 is 0 Å². The molecular formula is C27H29N. The van der Waals surface area contributed by atoms with Crippen molar-refractivity contribution in [2.45, 2.75) is 32.6 Å². The molecule has 0 N–H and O–H groups in total. The van der Waals surface area contributed by atoms with Gasteiger partial charge in [0.2, 0.25) is 0 Å². The lowest BCUT2D eigenvalue weighted by molar-refractivity contribution is 0.687. The van der Waals surface area contributed by atoms with Gasteiger partial charge in [-0.05, 0) is 54.5 Å². The maximum absolute atomic E-state index is 4.78. The zero-order valence-electron chi connectivity index (χ0n) is 16.7. The Bertz CT molecular complexity index is 878. The van der Waals surface area contributed by atoms with Gasteiger partial charge in [-0.1, -0.05) is 97.5 Å². The first-order valence-electron chi connectivity index (χ1n) is 10.2. The Hall–Kier alpha value is -2.93. The van der Waals surface area contributed by atoms with E-state index >= 15 is 0 Å². The van der Waals surface area contributed by atoms with Crippen molar-refractivity contribution < 1.29 is 0 Å². The molecule has 2 aromatic rings. The zero-order valence-corrected chi connectivity index (χ0v) is 16.7. The fourth-order valence-corrected chi connectivity index (χ4v) is 3.28. The van der Waals surface area contributed by atoms with Gasteiger partial charge < -0.3 is 0 Å². The van der Waals surface area contributed by atoms with E-state index in [2.05, 4.69) is 91.1 Å². The molecule has 0 amide bonds. The fraction of sp³-hybridized carbons (Fsp3) is 0.222. The van der Waals surface area contributed by atoms with Crippen molar-refractivity contribution in [3.05, 3.63) is 108 Å². The van der Waals surface area contributed by atoms with E-state index in [0.29, 0.717) is 0 Å². The quantitative estimate of drug-likeness (QED) is 0.440. The minimum atomic E-state index is 0.896. The number of aryl methyl sites for hydroxylation is 1. The van der Waals surface area contributed by atoms with Crippen LogP contribution in [0, 0.1) is 0 Å². The number of nitrogens with zero attached hydrogens (tertiary/aromatic N) is 1. The van der Waals surface area contributed by atoms with E-state index in [0.717, 1.165) is 25.1 Å². The molecule has 1 aliphatic rings. The lowest BCUT2D eigenvalue weighted by Gasteiger charge is -2.07. The average Bonchev–Trinajstić information content (AvgIpc) is 2.76. The molecule has 0 bridgehead atoms. The van der Waals surface area contributed by atoms with Gasteiger partial charge in [-0.25, -0.2) is 0 Å². The third-order valence-electron chi connectivity index (χ3n) is 4.87. The summed E-state index contributed by atoms with van der Waals surface area (Å²) in [5.74, 6) is 0. The van der Waals surface area contributed by atoms with Crippen LogP contribution in [0.25, 0.3) is 11.1 Å². The van der Waals surface area contributed by atoms with Crippen LogP contribution in [-0.4, -0.2) is 12.3 Å². The first-order valence-corrected chi connectivity index (χ1v) is 10.2. The van der Waals surface area contributed by atoms with Gasteiger partial charge in [0.1, 0.15) is 0 Å². The normalized spacial score (nSPS) is 16.5. The minimum Gasteiger partial charge on any atom is -0.285 e. The predicted octanol–water partition coefficient (Wildman–Crippen LogP) is 7.14. The highest BCUT2D eigenvalue weighted by Crippen LogP contribution is 2.20. The van der Waals surface area contributed by atoms with Gasteiger partial charge in [0.05, 0.1) is 5.71 Å². The second-order valence-electron chi connectivity index (χ2n) is 7.01. The number of allylic oxidation sites excluding steroid dienone is 8. The molecule has 0 aliphatic heterocycles. The summed E-state index contributed by atoms with van der Waals surface area (Å²) in [6.07, 6.45) is 19.3. The molecule has 0 fully saturated rings. The Kier molecular flexibility index (Phi) is 7.81. The largest absolute Gasteiger partial charge is 0.285 e. The van der Waals surface area contributed by atoms with Crippen LogP contribution in [0.5, 0.6) is 0 Å². The van der Waals surface area contributed by atoms with Crippen LogP contribution in [0.3, 0.4) is 0 Å². The second-order valence-corrected chi connectivity index (χ2v) is 7.01. The lowest BCUT2D eigenvalue weighted by atomic mass is 10.0. The molecule has 0 saturated heterocycles. The molecule has 0 unspecified atom stereocenters. The number of benzene rings is 2. The number of aliphatic imine (C=N–C) groups is 1. The molecule has 1 nitrogen and oxygen atoms in total. The van der Waals surface area contributed by atoms with Gasteiger partial charge >= 0.3 is 0 Å². The molecule has 1 heteroatoms. The number of unbranched alkanes of at least 4 members (excludes halogenated alkanes) is 2. The Labute approximate surface area is 169 Å². The summed E-state index contributed by atoms with van der Waals surface area (Å²) in [7, 11) is 0. The molecule has 142 valence electrons. The molecule has 0 radical (unpaired) electrons. The van der Waals surface area contributed by atoms with E-state index in [9.17, 15) is 0 Å². The van der Waals surface area contributed by atoms with Gasteiger partial charge in [0.15, 0.2) is 0 Å². The molecule has 0 spiro atoms. The monoisotopic (exact) mass is 367 g/mol. The smallest absolute Gasteiger partial charge is 0.0646 e. The van der Waals surface area contributed by atoms with Crippen LogP contribution in [0.4, 0.5) is 0 Å². The molecule has 1 aliphatic carbocycles. The minimum absolute atomic E-state index is 0.896. The van der Waals surface area contributed by atoms with Crippen molar-refractivity contribution in [3.63, 3.8) is 0 Å². The van der Waals surface area contributed by atoms with Crippen LogP contribution in [0.2, 0.25) is 0 Å². The summed E-state index contributed by atoms with van der Waals surface area (Å²) in [5.41, 5.74) is 6.28. The number of hydrogen-bond acceptors (Lipinski definition) is 1. The van der Waals surface area contributed by atoms with Crippen molar-refractivity contribution in [2.75, 3.05) is 6.54 Å². The Morgan fingerprint density at radius 1 is 0.786 bits per heavy atom. The summed E-state index contributed by atoms with van der Waals surface area (Å²) in [4.78, 5) is 4.78. The molecule has 0 saturated carbocycles. The van der Waals surface area contributed by atoms with Crippen LogP contribution in [0.1, 0.15) is 31.7 Å². The standard InChI is InChI=1S/C27H29N/c1-2-3-13-26-16-9-10-17-27(26)28-22-11-5-6-12-23-18-20-25(21-19-23)24-14-7-4-8-15-24/h2-4,7-10,13-21H,5-6,11-12,22H2,1H3/b3-2-,26-13-,28-27+. The van der Waals surface area contributed by atoms with Crippen molar-refractivity contribution in [3.8, 4) is 11.1 Å². The van der Waals surface area contributed by atoms with Crippen LogP contribution < -0.4 is 0 Å². The number of rotatable bonds is 8. The summed E-state index contributed by atoms with van der Waals surface area (Å²) in [5, 5.41) is 0. The molecular weight excluding hydrogens is 338 g/mol. The maximum atomic E-state index is 4.78. The Balaban J connectivity index is 1.41. The van der Waals surface area contributed by atoms with E-state index in [-0.39, 0.29) is 0 Å². The molecule has 28 heavy (non-hydrogen) atoms. The highest BCUT2D eigenvalue weighted by molar-refractivity contribution is 6.11. The van der Waals surface area contributed by atoms with Gasteiger partial charge in [-0.3, -0.25) is 4.99 Å². The van der Waals surface area contributed by atoms with E-state index in [1.807, 2.05) is 13.0 Å². The van der Waals surface area contributed by atoms with Crippen molar-refractivity contribution in [1.29, 1.82) is 0 Å². The van der Waals surface area contributed by atoms with Crippen LogP contribution >= 0.6 is 0 Å². The average molecular weight is 368 g/mol. The summed E-state index contributed by atoms with van der Waals surface area (Å²) in [6.45, 7) is 2.93. The van der Waals surface area contributed by atoms with Gasteiger partial charge in [-0.15, -0.1) is 0 Å². The number of hydrogen-bond donors (Lipinski definition) is 0. The van der Waals surface area contributed by atoms with E-state index in [1.165, 1.54) is 35.1 Å². The van der Waals surface area contributed by atoms with Crippen molar-refractivity contribution in [2.24, 2.45) is 4.99 Å². The van der Waals surface area contributed by atoms with Crippen LogP contribution in [0.15, 0.2) is 108 Å². The zero-order chi connectivity index (χ0) is 19.4. The van der Waals surface area contributed by atoms with Crippen molar-refractivity contribution in [1.82, 2.24) is 0 Å². The van der Waals surface area contributed by atoms with Gasteiger partial charge in [0, 0.05) is 6.54 Å². The molecule has 0 atom stereocenters. The van der Waals surface area contributed by atoms with E-state index in [4.69, 9.17) is 4.99 Å². The molecule has 0 aromatic heterocycles. The topological polar surface area (TPSA) is 12.4 Å². The summed E-state index contributed by atoms with van der Waals surface area (Å²) >= 11 is 0. The third-order valence-corrected chi connectivity index (χ3v) is 4.87. The molecule has 0 heterocycles. The second kappa shape index (κ2) is 11.0. The van der Waals surface area contributed by atoms with Gasteiger partial charge in [0.25, 0.3) is 0 Å². The van der Waals surface area contributed by atoms with Gasteiger partial charge in [-0.2, -0.15) is 0 Å². The summed E-state index contributed by atoms with van der Waals surface area (Å²) < 4.78 is 0. The Morgan fingerprint density at radius 3 is 2.32 bits per heavy atom. The first-order chi connectivity index (χ1) is 13.9. The molecule has 2 aromatic carbocycles. The first kappa shape index (κ1) is 19.8. The van der Waals surface area contributed by atoms with Crippen molar-refractivity contribution >= 4 is 5.71 Å². The van der Waals surface area contributed by atoms with E-state index in [1.54, 1.807) is 0 Å². The third kappa shape index (κ3) is 6.06. The highest BCUT2D eigenvalue weighted by atomic mass is 14.7. The fourth-order valence-electron chi connectivity index (χ4n) is 3.28. The Morgan fingerprint density at radius 2 is 1.54 bits per heavy atom. The summed E-state index contributed by atoms with van der Waals surface area (Å²) in [6, 6.07) is 19.6. The predicted molar refractivity (Wildman–Crippen MR) is 123 cm³/mol.